The Morgan fingerprint density at radius 1 is 1.15 bits per heavy atom. The van der Waals surface area contributed by atoms with Crippen molar-refractivity contribution in [3.05, 3.63) is 72.4 Å². The summed E-state index contributed by atoms with van der Waals surface area (Å²) in [5.41, 5.74) is -1.28. The average Bonchev–Trinajstić information content (AvgIpc) is 2.98. The van der Waals surface area contributed by atoms with Crippen LogP contribution in [-0.4, -0.2) is 26.6 Å². The third kappa shape index (κ3) is 2.54. The van der Waals surface area contributed by atoms with Gasteiger partial charge in [-0.3, -0.25) is 9.78 Å². The molecule has 0 unspecified atom stereocenters. The number of hydrogen-bond acceptors (Lipinski definition) is 3. The number of rotatable bonds is 4. The number of amides is 1. The highest BCUT2D eigenvalue weighted by molar-refractivity contribution is 6.02. The molecule has 5 nitrogen and oxygen atoms in total. The minimum absolute atomic E-state index is 0.0947. The fourth-order valence-corrected chi connectivity index (χ4v) is 2.99. The summed E-state index contributed by atoms with van der Waals surface area (Å²) in [5, 5.41) is 6.52. The fourth-order valence-electron chi connectivity index (χ4n) is 2.99. The van der Waals surface area contributed by atoms with Crippen molar-refractivity contribution in [1.29, 1.82) is 0 Å². The summed E-state index contributed by atoms with van der Waals surface area (Å²) in [4.78, 5) is 16.3. The van der Waals surface area contributed by atoms with Crippen molar-refractivity contribution in [2.75, 3.05) is 5.32 Å². The molecule has 132 valence electrons. The second kappa shape index (κ2) is 5.69. The van der Waals surface area contributed by atoms with Gasteiger partial charge in [0.2, 0.25) is 5.91 Å². The Morgan fingerprint density at radius 2 is 1.88 bits per heavy atom. The molecule has 26 heavy (non-hydrogen) atoms. The molecule has 0 bridgehead atoms. The maximum absolute atomic E-state index is 14.1. The van der Waals surface area contributed by atoms with E-state index in [0.29, 0.717) is 5.69 Å². The first-order valence-corrected chi connectivity index (χ1v) is 7.84. The molecule has 0 saturated heterocycles. The van der Waals surface area contributed by atoms with E-state index in [4.69, 9.17) is 0 Å². The molecule has 1 aliphatic rings. The first-order chi connectivity index (χ1) is 12.4. The summed E-state index contributed by atoms with van der Waals surface area (Å²) in [7, 11) is 0. The quantitative estimate of drug-likeness (QED) is 0.778. The number of nitrogens with one attached hydrogen (secondary N) is 1. The van der Waals surface area contributed by atoms with Crippen molar-refractivity contribution >= 4 is 11.7 Å². The number of halogens is 3. The Hall–Kier alpha value is -3.16. The summed E-state index contributed by atoms with van der Waals surface area (Å²) in [5.74, 6) is -4.38. The molecule has 0 spiro atoms. The van der Waals surface area contributed by atoms with Crippen LogP contribution >= 0.6 is 0 Å². The highest BCUT2D eigenvalue weighted by Crippen LogP contribution is 2.62. The predicted octanol–water partition coefficient (Wildman–Crippen LogP) is 3.32. The van der Waals surface area contributed by atoms with E-state index in [1.165, 1.54) is 41.3 Å². The molecule has 1 aromatic carbocycles. The lowest BCUT2D eigenvalue weighted by atomic mass is 9.94. The second-order valence-corrected chi connectivity index (χ2v) is 6.11. The predicted molar refractivity (Wildman–Crippen MR) is 87.6 cm³/mol. The third-order valence-electron chi connectivity index (χ3n) is 4.43. The van der Waals surface area contributed by atoms with Gasteiger partial charge in [0.1, 0.15) is 11.2 Å². The molecule has 2 heterocycles. The summed E-state index contributed by atoms with van der Waals surface area (Å²) >= 11 is 0. The highest BCUT2D eigenvalue weighted by Gasteiger charge is 2.76. The average molecular weight is 358 g/mol. The van der Waals surface area contributed by atoms with E-state index >= 15 is 0 Å². The number of carbonyl (C=O) groups excluding carboxylic acids is 1. The topological polar surface area (TPSA) is 59.8 Å². The van der Waals surface area contributed by atoms with Crippen LogP contribution in [0.3, 0.4) is 0 Å². The maximum atomic E-state index is 14.1. The van der Waals surface area contributed by atoms with Gasteiger partial charge in [0.25, 0.3) is 5.92 Å². The molecule has 1 saturated carbocycles. The van der Waals surface area contributed by atoms with Crippen LogP contribution in [0.15, 0.2) is 61.1 Å². The van der Waals surface area contributed by atoms with Crippen LogP contribution in [0.4, 0.5) is 19.0 Å². The van der Waals surface area contributed by atoms with Crippen LogP contribution in [0.2, 0.25) is 0 Å². The smallest absolute Gasteiger partial charge is 0.268 e. The van der Waals surface area contributed by atoms with Gasteiger partial charge in [-0.15, -0.1) is 0 Å². The van der Waals surface area contributed by atoms with Crippen LogP contribution in [0.1, 0.15) is 12.0 Å². The van der Waals surface area contributed by atoms with Crippen LogP contribution in [0, 0.1) is 5.82 Å². The maximum Gasteiger partial charge on any atom is 0.268 e. The van der Waals surface area contributed by atoms with E-state index in [0.717, 1.165) is 6.20 Å². The van der Waals surface area contributed by atoms with Crippen LogP contribution in [0.25, 0.3) is 5.69 Å². The van der Waals surface area contributed by atoms with Gasteiger partial charge in [-0.25, -0.2) is 17.9 Å². The zero-order chi connectivity index (χ0) is 18.4. The van der Waals surface area contributed by atoms with Crippen molar-refractivity contribution in [3.8, 4) is 5.69 Å². The van der Waals surface area contributed by atoms with Crippen molar-refractivity contribution in [2.24, 2.45) is 0 Å². The summed E-state index contributed by atoms with van der Waals surface area (Å²) < 4.78 is 42.7. The Bertz CT molecular complexity index is 973. The zero-order valence-electron chi connectivity index (χ0n) is 13.4. The molecular weight excluding hydrogens is 345 g/mol. The molecule has 1 fully saturated rings. The second-order valence-electron chi connectivity index (χ2n) is 6.11. The molecule has 1 amide bonds. The minimum Gasteiger partial charge on any atom is -0.308 e. The van der Waals surface area contributed by atoms with Crippen LogP contribution in [-0.2, 0) is 10.2 Å². The monoisotopic (exact) mass is 358 g/mol. The Morgan fingerprint density at radius 3 is 2.54 bits per heavy atom. The number of alkyl halides is 2. The molecule has 8 heteroatoms. The molecule has 1 aliphatic carbocycles. The number of aromatic nitrogens is 3. The SMILES string of the molecule is O=C(Nc1ccn(-c2cncc(F)c2)n1)[C@@]1(c2ccccc2)CC1(F)F. The van der Waals surface area contributed by atoms with Crippen LogP contribution in [0.5, 0.6) is 0 Å². The molecule has 0 radical (unpaired) electrons. The fraction of sp³-hybridized carbons (Fsp3) is 0.167. The van der Waals surface area contributed by atoms with E-state index in [1.807, 2.05) is 0 Å². The summed E-state index contributed by atoms with van der Waals surface area (Å²) in [6.45, 7) is 0. The Balaban J connectivity index is 1.59. The minimum atomic E-state index is -3.12. The van der Waals surface area contributed by atoms with Gasteiger partial charge in [-0.2, -0.15) is 5.10 Å². The Labute approximate surface area is 146 Å². The normalized spacial score (nSPS) is 20.6. The third-order valence-corrected chi connectivity index (χ3v) is 4.43. The molecule has 4 rings (SSSR count). The van der Waals surface area contributed by atoms with Gasteiger partial charge in [-0.05, 0) is 5.56 Å². The Kier molecular flexibility index (Phi) is 3.57. The van der Waals surface area contributed by atoms with Crippen LogP contribution < -0.4 is 5.32 Å². The van der Waals surface area contributed by atoms with E-state index in [2.05, 4.69) is 15.4 Å². The zero-order valence-corrected chi connectivity index (χ0v) is 13.4. The standard InChI is InChI=1S/C18H13F3N4O/c19-13-8-14(10-22-9-13)25-7-6-15(24-25)23-16(26)17(11-18(17,20)21)12-4-2-1-3-5-12/h1-10H,11H2,(H,23,24,26)/t17-/m0/s1. The number of anilines is 1. The van der Waals surface area contributed by atoms with Gasteiger partial charge in [0.05, 0.1) is 18.1 Å². The van der Waals surface area contributed by atoms with E-state index < -0.39 is 29.5 Å². The van der Waals surface area contributed by atoms with Gasteiger partial charge >= 0.3 is 0 Å². The van der Waals surface area contributed by atoms with Crippen molar-refractivity contribution in [1.82, 2.24) is 14.8 Å². The van der Waals surface area contributed by atoms with Gasteiger partial charge in [0, 0.05) is 24.8 Å². The molecular formula is C18H13F3N4O. The van der Waals surface area contributed by atoms with Gasteiger partial charge in [0.15, 0.2) is 5.82 Å². The number of hydrogen-bond donors (Lipinski definition) is 1. The van der Waals surface area contributed by atoms with Crippen molar-refractivity contribution in [2.45, 2.75) is 17.8 Å². The van der Waals surface area contributed by atoms with Crippen molar-refractivity contribution in [3.63, 3.8) is 0 Å². The number of carbonyl (C=O) groups is 1. The van der Waals surface area contributed by atoms with E-state index in [-0.39, 0.29) is 11.4 Å². The molecule has 1 atom stereocenters. The lowest BCUT2D eigenvalue weighted by Crippen LogP contribution is -2.33. The van der Waals surface area contributed by atoms with E-state index in [9.17, 15) is 18.0 Å². The summed E-state index contributed by atoms with van der Waals surface area (Å²) in [6, 6.07) is 10.6. The lowest BCUT2D eigenvalue weighted by Gasteiger charge is -2.15. The van der Waals surface area contributed by atoms with E-state index in [1.54, 1.807) is 18.2 Å². The van der Waals surface area contributed by atoms with Crippen molar-refractivity contribution < 1.29 is 18.0 Å². The summed E-state index contributed by atoms with van der Waals surface area (Å²) in [6.07, 6.45) is 3.37. The first-order valence-electron chi connectivity index (χ1n) is 7.84. The van der Waals surface area contributed by atoms with Gasteiger partial charge in [-0.1, -0.05) is 30.3 Å². The van der Waals surface area contributed by atoms with Gasteiger partial charge < -0.3 is 5.32 Å². The lowest BCUT2D eigenvalue weighted by molar-refractivity contribution is -0.121. The highest BCUT2D eigenvalue weighted by atomic mass is 19.3. The number of pyridine rings is 1. The largest absolute Gasteiger partial charge is 0.308 e. The molecule has 2 aromatic heterocycles. The molecule has 3 aromatic rings. The molecule has 0 aliphatic heterocycles. The first kappa shape index (κ1) is 16.3. The molecule has 1 N–H and O–H groups in total. The number of benzene rings is 1. The number of nitrogens with zero attached hydrogens (tertiary/aromatic N) is 3.